The van der Waals surface area contributed by atoms with E-state index in [1.54, 1.807) is 17.4 Å². The van der Waals surface area contributed by atoms with Gasteiger partial charge in [-0.15, -0.1) is 11.3 Å². The molecule has 1 fully saturated rings. The number of hydrogen-bond acceptors (Lipinski definition) is 6. The van der Waals surface area contributed by atoms with Crippen LogP contribution in [0.1, 0.15) is 42.8 Å². The second-order valence-electron chi connectivity index (χ2n) is 7.31. The van der Waals surface area contributed by atoms with Gasteiger partial charge < -0.3 is 14.4 Å². The van der Waals surface area contributed by atoms with Gasteiger partial charge in [-0.25, -0.2) is 4.98 Å². The highest BCUT2D eigenvalue weighted by Gasteiger charge is 2.29. The van der Waals surface area contributed by atoms with E-state index >= 15 is 0 Å². The van der Waals surface area contributed by atoms with Crippen molar-refractivity contribution in [3.05, 3.63) is 39.3 Å². The predicted octanol–water partition coefficient (Wildman–Crippen LogP) is 4.10. The number of halogens is 1. The lowest BCUT2D eigenvalue weighted by Crippen LogP contribution is -2.35. The summed E-state index contributed by atoms with van der Waals surface area (Å²) in [6.45, 7) is 3.59. The highest BCUT2D eigenvalue weighted by Crippen LogP contribution is 2.37. The van der Waals surface area contributed by atoms with Crippen LogP contribution in [-0.2, 0) is 11.3 Å². The first-order chi connectivity index (χ1) is 13.5. The Morgan fingerprint density at radius 3 is 2.89 bits per heavy atom. The second kappa shape index (κ2) is 8.27. The summed E-state index contributed by atoms with van der Waals surface area (Å²) in [6.07, 6.45) is 4.18. The summed E-state index contributed by atoms with van der Waals surface area (Å²) >= 11 is 8.08. The molecule has 1 aromatic heterocycles. The largest absolute Gasteiger partial charge is 0.454 e. The number of nitrogens with zero attached hydrogens (tertiary/aromatic N) is 3. The summed E-state index contributed by atoms with van der Waals surface area (Å²) in [6, 6.07) is 4.25. The molecule has 2 aliphatic heterocycles. The summed E-state index contributed by atoms with van der Waals surface area (Å²) in [5.41, 5.74) is 0.891. The van der Waals surface area contributed by atoms with Crippen molar-refractivity contribution in [1.82, 2.24) is 14.8 Å². The zero-order valence-corrected chi connectivity index (χ0v) is 17.6. The Kier molecular flexibility index (Phi) is 5.75. The van der Waals surface area contributed by atoms with E-state index in [9.17, 15) is 4.79 Å². The van der Waals surface area contributed by atoms with E-state index in [1.807, 2.05) is 22.5 Å². The van der Waals surface area contributed by atoms with Crippen LogP contribution in [0.15, 0.2) is 23.7 Å². The number of fused-ring (bicyclic) bond motifs is 1. The molecule has 0 saturated carbocycles. The Balaban J connectivity index is 1.43. The predicted molar refractivity (Wildman–Crippen MR) is 109 cm³/mol. The summed E-state index contributed by atoms with van der Waals surface area (Å²) < 4.78 is 10.8. The highest BCUT2D eigenvalue weighted by atomic mass is 35.5. The SMILES string of the molecule is CC(c1nccs1)N(C)C1CCC(=O)N(Cc2cc3c(cc2Cl)OCO3)CC1. The number of carbonyl (C=O) groups excluding carboxylic acids is 1. The minimum Gasteiger partial charge on any atom is -0.454 e. The van der Waals surface area contributed by atoms with E-state index in [0.717, 1.165) is 23.4 Å². The first-order valence-corrected chi connectivity index (χ1v) is 10.8. The molecule has 6 nitrogen and oxygen atoms in total. The van der Waals surface area contributed by atoms with E-state index in [0.29, 0.717) is 42.1 Å². The molecule has 0 bridgehead atoms. The van der Waals surface area contributed by atoms with Crippen LogP contribution in [0.4, 0.5) is 0 Å². The smallest absolute Gasteiger partial charge is 0.231 e. The summed E-state index contributed by atoms with van der Waals surface area (Å²) in [5.74, 6) is 1.52. The van der Waals surface area contributed by atoms with E-state index < -0.39 is 0 Å². The molecule has 2 atom stereocenters. The molecule has 4 rings (SSSR count). The molecule has 0 radical (unpaired) electrons. The summed E-state index contributed by atoms with van der Waals surface area (Å²) in [4.78, 5) is 21.4. The van der Waals surface area contributed by atoms with E-state index in [2.05, 4.69) is 23.9 Å². The molecule has 1 amide bonds. The maximum atomic E-state index is 12.7. The van der Waals surface area contributed by atoms with Crippen molar-refractivity contribution >= 4 is 28.8 Å². The van der Waals surface area contributed by atoms with Gasteiger partial charge in [0, 0.05) is 48.2 Å². The Morgan fingerprint density at radius 1 is 1.36 bits per heavy atom. The number of rotatable bonds is 5. The molecule has 2 aliphatic rings. The zero-order chi connectivity index (χ0) is 19.7. The average molecular weight is 422 g/mol. The number of benzene rings is 1. The molecular formula is C20H24ClN3O3S. The van der Waals surface area contributed by atoms with Crippen LogP contribution in [0.2, 0.25) is 5.02 Å². The lowest BCUT2D eigenvalue weighted by atomic mass is 10.1. The van der Waals surface area contributed by atoms with Crippen LogP contribution in [0.3, 0.4) is 0 Å². The molecule has 1 saturated heterocycles. The quantitative estimate of drug-likeness (QED) is 0.727. The topological polar surface area (TPSA) is 54.9 Å². The lowest BCUT2D eigenvalue weighted by Gasteiger charge is -2.31. The molecule has 1 aromatic carbocycles. The Hall–Kier alpha value is -1.83. The molecule has 2 unspecified atom stereocenters. The van der Waals surface area contributed by atoms with Gasteiger partial charge in [0.1, 0.15) is 5.01 Å². The molecule has 8 heteroatoms. The van der Waals surface area contributed by atoms with Crippen LogP contribution in [0.25, 0.3) is 0 Å². The van der Waals surface area contributed by atoms with Gasteiger partial charge in [0.2, 0.25) is 12.7 Å². The highest BCUT2D eigenvalue weighted by molar-refractivity contribution is 7.09. The van der Waals surface area contributed by atoms with Crippen molar-refractivity contribution < 1.29 is 14.3 Å². The molecule has 0 aliphatic carbocycles. The van der Waals surface area contributed by atoms with Crippen molar-refractivity contribution in [2.75, 3.05) is 20.4 Å². The normalized spacial score (nSPS) is 20.5. The van der Waals surface area contributed by atoms with Crippen LogP contribution in [0, 0.1) is 0 Å². The van der Waals surface area contributed by atoms with Crippen molar-refractivity contribution in [2.24, 2.45) is 0 Å². The van der Waals surface area contributed by atoms with Crippen LogP contribution < -0.4 is 9.47 Å². The third-order valence-electron chi connectivity index (χ3n) is 5.67. The van der Waals surface area contributed by atoms with Gasteiger partial charge in [0.05, 0.1) is 6.04 Å². The number of thiazole rings is 1. The first kappa shape index (κ1) is 19.5. The van der Waals surface area contributed by atoms with Gasteiger partial charge in [-0.05, 0) is 38.4 Å². The number of aromatic nitrogens is 1. The zero-order valence-electron chi connectivity index (χ0n) is 16.1. The van der Waals surface area contributed by atoms with Crippen molar-refractivity contribution in [3.8, 4) is 11.5 Å². The minimum absolute atomic E-state index is 0.173. The molecule has 3 heterocycles. The lowest BCUT2D eigenvalue weighted by molar-refractivity contribution is -0.131. The summed E-state index contributed by atoms with van der Waals surface area (Å²) in [5, 5.41) is 3.72. The van der Waals surface area contributed by atoms with Crippen LogP contribution in [-0.4, -0.2) is 47.1 Å². The summed E-state index contributed by atoms with van der Waals surface area (Å²) in [7, 11) is 2.13. The fourth-order valence-corrected chi connectivity index (χ4v) is 4.77. The Morgan fingerprint density at radius 2 is 2.14 bits per heavy atom. The molecular weight excluding hydrogens is 398 g/mol. The van der Waals surface area contributed by atoms with Crippen molar-refractivity contribution in [2.45, 2.75) is 44.8 Å². The molecule has 0 spiro atoms. The molecule has 150 valence electrons. The molecule has 28 heavy (non-hydrogen) atoms. The third-order valence-corrected chi connectivity index (χ3v) is 6.97. The fourth-order valence-electron chi connectivity index (χ4n) is 3.81. The van der Waals surface area contributed by atoms with Gasteiger partial charge in [0.15, 0.2) is 11.5 Å². The van der Waals surface area contributed by atoms with Gasteiger partial charge in [0.25, 0.3) is 0 Å². The standard InChI is InChI=1S/C20H24ClN3O3S/c1-13(20-22-6-8-28-20)23(2)15-3-4-19(25)24(7-5-15)11-14-9-17-18(10-16(14)21)27-12-26-17/h6,8-10,13,15H,3-5,7,11-12H2,1-2H3. The van der Waals surface area contributed by atoms with Crippen molar-refractivity contribution in [3.63, 3.8) is 0 Å². The Labute approximate surface area is 174 Å². The van der Waals surface area contributed by atoms with Gasteiger partial charge in [-0.1, -0.05) is 11.6 Å². The monoisotopic (exact) mass is 421 g/mol. The maximum absolute atomic E-state index is 12.7. The Bertz CT molecular complexity index is 845. The number of hydrogen-bond donors (Lipinski definition) is 0. The van der Waals surface area contributed by atoms with Gasteiger partial charge in [-0.3, -0.25) is 9.69 Å². The number of carbonyl (C=O) groups is 1. The van der Waals surface area contributed by atoms with Crippen LogP contribution in [0.5, 0.6) is 11.5 Å². The van der Waals surface area contributed by atoms with Gasteiger partial charge in [-0.2, -0.15) is 0 Å². The maximum Gasteiger partial charge on any atom is 0.231 e. The van der Waals surface area contributed by atoms with E-state index in [1.165, 1.54) is 0 Å². The van der Waals surface area contributed by atoms with Crippen molar-refractivity contribution in [1.29, 1.82) is 0 Å². The third kappa shape index (κ3) is 3.97. The number of amides is 1. The minimum atomic E-state index is 0.173. The number of likely N-dealkylation sites (tertiary alicyclic amines) is 1. The number of ether oxygens (including phenoxy) is 2. The van der Waals surface area contributed by atoms with Gasteiger partial charge >= 0.3 is 0 Å². The van der Waals surface area contributed by atoms with Crippen LogP contribution >= 0.6 is 22.9 Å². The first-order valence-electron chi connectivity index (χ1n) is 9.50. The molecule has 2 aromatic rings. The van der Waals surface area contributed by atoms with E-state index in [4.69, 9.17) is 21.1 Å². The van der Waals surface area contributed by atoms with E-state index in [-0.39, 0.29) is 18.7 Å². The molecule has 0 N–H and O–H groups in total. The fraction of sp³-hybridized carbons (Fsp3) is 0.500. The average Bonchev–Trinajstić information content (AvgIpc) is 3.34. The second-order valence-corrected chi connectivity index (χ2v) is 8.64.